The number of fused-ring (bicyclic) bond motifs is 1. The van der Waals surface area contributed by atoms with E-state index in [-0.39, 0.29) is 31.4 Å². The number of nitrogens with zero attached hydrogens (tertiary/aromatic N) is 2. The van der Waals surface area contributed by atoms with Gasteiger partial charge in [-0.3, -0.25) is 13.9 Å². The van der Waals surface area contributed by atoms with Crippen molar-refractivity contribution in [2.75, 3.05) is 23.9 Å². The summed E-state index contributed by atoms with van der Waals surface area (Å²) in [5, 5.41) is 3.62. The Morgan fingerprint density at radius 1 is 0.929 bits per heavy atom. The van der Waals surface area contributed by atoms with E-state index in [4.69, 9.17) is 32.7 Å². The number of nitrogens with one attached hydrogen (secondary N) is 1. The van der Waals surface area contributed by atoms with Gasteiger partial charge in [-0.15, -0.1) is 0 Å². The van der Waals surface area contributed by atoms with Crippen molar-refractivity contribution in [3.8, 4) is 11.5 Å². The number of sulfonamides is 1. The molecule has 1 aliphatic rings. The minimum atomic E-state index is -3.93. The molecular formula is C30H33Cl2N3O6S. The highest BCUT2D eigenvalue weighted by Crippen LogP contribution is 2.36. The number of halogens is 2. The fraction of sp³-hybridized carbons (Fsp3) is 0.333. The Hall–Kier alpha value is -3.47. The van der Waals surface area contributed by atoms with Gasteiger partial charge in [0.15, 0.2) is 11.5 Å². The number of hydrogen-bond acceptors (Lipinski definition) is 6. The van der Waals surface area contributed by atoms with Gasteiger partial charge in [0.2, 0.25) is 28.6 Å². The van der Waals surface area contributed by atoms with Crippen LogP contribution in [-0.2, 0) is 32.6 Å². The van der Waals surface area contributed by atoms with Crippen molar-refractivity contribution in [2.45, 2.75) is 45.3 Å². The molecule has 1 unspecified atom stereocenters. The van der Waals surface area contributed by atoms with Crippen molar-refractivity contribution in [3.05, 3.63) is 87.9 Å². The van der Waals surface area contributed by atoms with Crippen LogP contribution in [0.25, 0.3) is 0 Å². The lowest BCUT2D eigenvalue weighted by Crippen LogP contribution is -2.56. The number of rotatable bonds is 10. The first kappa shape index (κ1) is 31.5. The maximum Gasteiger partial charge on any atom is 0.244 e. The Morgan fingerprint density at radius 2 is 1.62 bits per heavy atom. The van der Waals surface area contributed by atoms with Gasteiger partial charge in [-0.2, -0.15) is 0 Å². The number of carbonyl (C=O) groups is 2. The largest absolute Gasteiger partial charge is 0.454 e. The summed E-state index contributed by atoms with van der Waals surface area (Å²) >= 11 is 12.4. The standard InChI is InChI=1S/C30H33Cl2N3O6S/c1-30(2,3)33-29(37)25(15-20-8-6-5-7-9-20)34(17-21-10-12-23(31)24(32)14-21)28(36)18-35(42(4,38)39)22-11-13-26-27(16-22)41-19-40-26/h5-14,16,25H,15,17-19H2,1-4H3,(H,33,37). The molecule has 0 saturated carbocycles. The first-order valence-corrected chi connectivity index (χ1v) is 15.8. The van der Waals surface area contributed by atoms with Crippen molar-refractivity contribution >= 4 is 50.7 Å². The predicted molar refractivity (Wildman–Crippen MR) is 164 cm³/mol. The molecular weight excluding hydrogens is 601 g/mol. The van der Waals surface area contributed by atoms with E-state index in [1.807, 2.05) is 51.1 Å². The average Bonchev–Trinajstić information content (AvgIpc) is 3.38. The summed E-state index contributed by atoms with van der Waals surface area (Å²) in [6.07, 6.45) is 1.21. The van der Waals surface area contributed by atoms with E-state index in [9.17, 15) is 18.0 Å². The zero-order valence-corrected chi connectivity index (χ0v) is 26.1. The lowest BCUT2D eigenvalue weighted by atomic mass is 10.0. The van der Waals surface area contributed by atoms with E-state index >= 15 is 0 Å². The van der Waals surface area contributed by atoms with Gasteiger partial charge in [0.05, 0.1) is 22.0 Å². The zero-order valence-electron chi connectivity index (χ0n) is 23.8. The molecule has 3 aromatic carbocycles. The van der Waals surface area contributed by atoms with Crippen molar-refractivity contribution in [2.24, 2.45) is 0 Å². The molecule has 0 saturated heterocycles. The normalized spacial score (nSPS) is 13.4. The Labute approximate surface area is 256 Å². The van der Waals surface area contributed by atoms with E-state index in [2.05, 4.69) is 5.32 Å². The summed E-state index contributed by atoms with van der Waals surface area (Å²) in [6.45, 7) is 4.97. The number of ether oxygens (including phenoxy) is 2. The van der Waals surface area contributed by atoms with Crippen LogP contribution in [0.1, 0.15) is 31.9 Å². The van der Waals surface area contributed by atoms with Gasteiger partial charge in [-0.05, 0) is 56.2 Å². The SMILES string of the molecule is CC(C)(C)NC(=O)C(Cc1ccccc1)N(Cc1ccc(Cl)c(Cl)c1)C(=O)CN(c1ccc2c(c1)OCO2)S(C)(=O)=O. The molecule has 9 nitrogen and oxygen atoms in total. The van der Waals surface area contributed by atoms with Crippen LogP contribution in [0.4, 0.5) is 5.69 Å². The molecule has 224 valence electrons. The summed E-state index contributed by atoms with van der Waals surface area (Å²) in [4.78, 5) is 29.4. The topological polar surface area (TPSA) is 105 Å². The van der Waals surface area contributed by atoms with Gasteiger partial charge >= 0.3 is 0 Å². The van der Waals surface area contributed by atoms with Gasteiger partial charge in [-0.1, -0.05) is 59.6 Å². The van der Waals surface area contributed by atoms with Crippen LogP contribution in [-0.4, -0.2) is 56.3 Å². The van der Waals surface area contributed by atoms with Crippen LogP contribution in [0.3, 0.4) is 0 Å². The molecule has 0 spiro atoms. The molecule has 1 atom stereocenters. The number of carbonyl (C=O) groups excluding carboxylic acids is 2. The third-order valence-electron chi connectivity index (χ3n) is 6.43. The van der Waals surface area contributed by atoms with Crippen molar-refractivity contribution in [1.29, 1.82) is 0 Å². The van der Waals surface area contributed by atoms with Gasteiger partial charge in [-0.25, -0.2) is 8.42 Å². The molecule has 0 fully saturated rings. The van der Waals surface area contributed by atoms with Crippen LogP contribution in [0.15, 0.2) is 66.7 Å². The van der Waals surface area contributed by atoms with Crippen LogP contribution in [0.2, 0.25) is 10.0 Å². The van der Waals surface area contributed by atoms with Crippen LogP contribution in [0.5, 0.6) is 11.5 Å². The molecule has 1 aliphatic heterocycles. The molecule has 4 rings (SSSR count). The molecule has 3 aromatic rings. The van der Waals surface area contributed by atoms with Crippen molar-refractivity contribution in [1.82, 2.24) is 10.2 Å². The highest BCUT2D eigenvalue weighted by Gasteiger charge is 2.34. The van der Waals surface area contributed by atoms with Crippen molar-refractivity contribution < 1.29 is 27.5 Å². The van der Waals surface area contributed by atoms with E-state index in [0.29, 0.717) is 27.1 Å². The molecule has 1 N–H and O–H groups in total. The van der Waals surface area contributed by atoms with Crippen molar-refractivity contribution in [3.63, 3.8) is 0 Å². The average molecular weight is 635 g/mol. The fourth-order valence-corrected chi connectivity index (χ4v) is 5.66. The first-order valence-electron chi connectivity index (χ1n) is 13.2. The summed E-state index contributed by atoms with van der Waals surface area (Å²) in [7, 11) is -3.93. The monoisotopic (exact) mass is 633 g/mol. The molecule has 0 radical (unpaired) electrons. The molecule has 1 heterocycles. The second kappa shape index (κ2) is 12.8. The molecule has 42 heavy (non-hydrogen) atoms. The Balaban J connectivity index is 1.76. The predicted octanol–water partition coefficient (Wildman–Crippen LogP) is 5.04. The quantitative estimate of drug-likeness (QED) is 0.335. The number of hydrogen-bond donors (Lipinski definition) is 1. The first-order chi connectivity index (χ1) is 19.7. The van der Waals surface area contributed by atoms with Gasteiger partial charge < -0.3 is 19.7 Å². The second-order valence-electron chi connectivity index (χ2n) is 11.0. The molecule has 0 aliphatic carbocycles. The van der Waals surface area contributed by atoms with E-state index in [1.54, 1.807) is 30.3 Å². The number of amides is 2. The Kier molecular flexibility index (Phi) is 9.60. The fourth-order valence-electron chi connectivity index (χ4n) is 4.50. The zero-order chi connectivity index (χ0) is 30.7. The Bertz CT molecular complexity index is 1560. The third-order valence-corrected chi connectivity index (χ3v) is 8.31. The van der Waals surface area contributed by atoms with Gasteiger partial charge in [0.25, 0.3) is 0 Å². The van der Waals surface area contributed by atoms with Gasteiger partial charge in [0.1, 0.15) is 12.6 Å². The maximum atomic E-state index is 14.2. The molecule has 0 bridgehead atoms. The molecule has 12 heteroatoms. The molecule has 2 amide bonds. The van der Waals surface area contributed by atoms with Crippen LogP contribution in [0, 0.1) is 0 Å². The summed E-state index contributed by atoms with van der Waals surface area (Å²) in [6, 6.07) is 17.9. The molecule has 0 aromatic heterocycles. The van der Waals surface area contributed by atoms with Crippen LogP contribution >= 0.6 is 23.2 Å². The smallest absolute Gasteiger partial charge is 0.244 e. The lowest BCUT2D eigenvalue weighted by molar-refractivity contribution is -0.140. The summed E-state index contributed by atoms with van der Waals surface area (Å²) in [5.41, 5.74) is 1.08. The highest BCUT2D eigenvalue weighted by atomic mass is 35.5. The van der Waals surface area contributed by atoms with E-state index < -0.39 is 34.1 Å². The van der Waals surface area contributed by atoms with E-state index in [0.717, 1.165) is 16.1 Å². The van der Waals surface area contributed by atoms with E-state index in [1.165, 1.54) is 11.0 Å². The minimum absolute atomic E-state index is 0.0120. The number of benzene rings is 3. The Morgan fingerprint density at radius 3 is 2.26 bits per heavy atom. The van der Waals surface area contributed by atoms with Gasteiger partial charge in [0, 0.05) is 24.6 Å². The summed E-state index contributed by atoms with van der Waals surface area (Å²) in [5.74, 6) is -0.128. The van der Waals surface area contributed by atoms with Crippen LogP contribution < -0.4 is 19.1 Å². The maximum absolute atomic E-state index is 14.2. The highest BCUT2D eigenvalue weighted by molar-refractivity contribution is 7.92. The lowest BCUT2D eigenvalue weighted by Gasteiger charge is -2.35. The second-order valence-corrected chi connectivity index (χ2v) is 13.7. The summed E-state index contributed by atoms with van der Waals surface area (Å²) < 4.78 is 37.7. The third kappa shape index (κ3) is 8.08. The number of anilines is 1. The minimum Gasteiger partial charge on any atom is -0.454 e.